The zero-order chi connectivity index (χ0) is 10.3. The first kappa shape index (κ1) is 8.69. The second kappa shape index (κ2) is 2.80. The highest BCUT2D eigenvalue weighted by Gasteiger charge is 2.21. The number of nitrogen functional groups attached to an aromatic ring is 1. The molecule has 0 saturated carbocycles. The van der Waals surface area contributed by atoms with Crippen LogP contribution in [-0.4, -0.2) is 11.6 Å². The molecule has 2 rings (SSSR count). The Labute approximate surface area is 81.2 Å². The Bertz CT molecular complexity index is 472. The monoisotopic (exact) mass is 187 g/mol. The molecule has 1 aliphatic rings. The number of fused-ring (bicyclic) bond motifs is 1. The van der Waals surface area contributed by atoms with Gasteiger partial charge in [0.1, 0.15) is 0 Å². The van der Waals surface area contributed by atoms with Crippen LogP contribution in [0.1, 0.15) is 26.3 Å². The van der Waals surface area contributed by atoms with Crippen molar-refractivity contribution < 1.29 is 9.59 Å². The van der Waals surface area contributed by atoms with E-state index in [1.807, 2.05) is 6.92 Å². The summed E-state index contributed by atoms with van der Waals surface area (Å²) in [5.74, 6) is -0.355. The molecule has 0 radical (unpaired) electrons. The molecule has 1 aliphatic carbocycles. The summed E-state index contributed by atoms with van der Waals surface area (Å²) in [4.78, 5) is 22.9. The van der Waals surface area contributed by atoms with E-state index in [-0.39, 0.29) is 11.6 Å². The minimum absolute atomic E-state index is 0.161. The van der Waals surface area contributed by atoms with Crippen LogP contribution in [0.2, 0.25) is 0 Å². The Morgan fingerprint density at radius 3 is 2.43 bits per heavy atom. The smallest absolute Gasteiger partial charge is 0.188 e. The Morgan fingerprint density at radius 2 is 1.71 bits per heavy atom. The fourth-order valence-electron chi connectivity index (χ4n) is 1.52. The van der Waals surface area contributed by atoms with Crippen molar-refractivity contribution in [1.29, 1.82) is 0 Å². The topological polar surface area (TPSA) is 60.2 Å². The maximum Gasteiger partial charge on any atom is 0.188 e. The lowest BCUT2D eigenvalue weighted by atomic mass is 9.91. The fourth-order valence-corrected chi connectivity index (χ4v) is 1.52. The summed E-state index contributed by atoms with van der Waals surface area (Å²) in [7, 11) is 0. The van der Waals surface area contributed by atoms with Crippen molar-refractivity contribution in [2.45, 2.75) is 6.92 Å². The Morgan fingerprint density at radius 1 is 1.07 bits per heavy atom. The highest BCUT2D eigenvalue weighted by atomic mass is 16.1. The largest absolute Gasteiger partial charge is 0.398 e. The molecule has 0 aromatic heterocycles. The summed E-state index contributed by atoms with van der Waals surface area (Å²) in [6.45, 7) is 1.81. The van der Waals surface area contributed by atoms with Crippen LogP contribution in [0.4, 0.5) is 5.69 Å². The number of carbonyl (C=O) groups is 2. The van der Waals surface area contributed by atoms with Gasteiger partial charge in [0, 0.05) is 11.3 Å². The number of carbonyl (C=O) groups excluding carboxylic acids is 2. The van der Waals surface area contributed by atoms with Gasteiger partial charge in [-0.3, -0.25) is 9.59 Å². The van der Waals surface area contributed by atoms with Crippen LogP contribution in [0.5, 0.6) is 0 Å². The van der Waals surface area contributed by atoms with E-state index in [4.69, 9.17) is 5.73 Å². The molecule has 0 spiro atoms. The molecule has 0 unspecified atom stereocenters. The third-order valence-electron chi connectivity index (χ3n) is 2.36. The summed E-state index contributed by atoms with van der Waals surface area (Å²) in [6.07, 6.45) is 2.54. The van der Waals surface area contributed by atoms with E-state index in [9.17, 15) is 9.59 Å². The number of aryl methyl sites for hydroxylation is 1. The molecule has 2 N–H and O–H groups in total. The Hall–Kier alpha value is -1.90. The minimum Gasteiger partial charge on any atom is -0.398 e. The van der Waals surface area contributed by atoms with Gasteiger partial charge in [0.25, 0.3) is 0 Å². The number of benzene rings is 1. The van der Waals surface area contributed by atoms with Crippen molar-refractivity contribution in [3.63, 3.8) is 0 Å². The van der Waals surface area contributed by atoms with E-state index in [1.54, 1.807) is 12.1 Å². The predicted molar refractivity (Wildman–Crippen MR) is 53.4 cm³/mol. The van der Waals surface area contributed by atoms with Gasteiger partial charge in [-0.15, -0.1) is 0 Å². The molecule has 3 nitrogen and oxygen atoms in total. The van der Waals surface area contributed by atoms with E-state index in [0.717, 1.165) is 5.56 Å². The molecule has 3 heteroatoms. The zero-order valence-electron chi connectivity index (χ0n) is 7.70. The van der Waals surface area contributed by atoms with Crippen molar-refractivity contribution in [1.82, 2.24) is 0 Å². The molecule has 70 valence electrons. The average Bonchev–Trinajstić information content (AvgIpc) is 2.16. The molecule has 14 heavy (non-hydrogen) atoms. The van der Waals surface area contributed by atoms with E-state index < -0.39 is 0 Å². The van der Waals surface area contributed by atoms with Gasteiger partial charge < -0.3 is 5.73 Å². The number of allylic oxidation sites excluding steroid dienone is 2. The summed E-state index contributed by atoms with van der Waals surface area (Å²) in [6, 6.07) is 3.39. The highest BCUT2D eigenvalue weighted by Crippen LogP contribution is 2.25. The molecule has 1 aromatic carbocycles. The lowest BCUT2D eigenvalue weighted by Gasteiger charge is -2.12. The molecule has 0 heterocycles. The van der Waals surface area contributed by atoms with Gasteiger partial charge >= 0.3 is 0 Å². The van der Waals surface area contributed by atoms with Crippen molar-refractivity contribution >= 4 is 17.3 Å². The number of anilines is 1. The van der Waals surface area contributed by atoms with Gasteiger partial charge in [-0.25, -0.2) is 0 Å². The van der Waals surface area contributed by atoms with Gasteiger partial charge in [0.2, 0.25) is 0 Å². The normalized spacial score (nSPS) is 14.4. The van der Waals surface area contributed by atoms with Crippen LogP contribution < -0.4 is 5.73 Å². The quantitative estimate of drug-likeness (QED) is 0.626. The summed E-state index contributed by atoms with van der Waals surface area (Å²) < 4.78 is 0. The summed E-state index contributed by atoms with van der Waals surface area (Å²) in [5.41, 5.74) is 7.72. The van der Waals surface area contributed by atoms with Crippen molar-refractivity contribution in [3.05, 3.63) is 41.0 Å². The van der Waals surface area contributed by atoms with Gasteiger partial charge in [-0.2, -0.15) is 0 Å². The fraction of sp³-hybridized carbons (Fsp3) is 0.0909. The van der Waals surface area contributed by atoms with Crippen LogP contribution in [-0.2, 0) is 0 Å². The van der Waals surface area contributed by atoms with Crippen molar-refractivity contribution in [2.24, 2.45) is 0 Å². The second-order valence-corrected chi connectivity index (χ2v) is 3.28. The van der Waals surface area contributed by atoms with E-state index in [2.05, 4.69) is 0 Å². The first-order valence-corrected chi connectivity index (χ1v) is 4.27. The predicted octanol–water partition coefficient (Wildman–Crippen LogP) is 1.51. The standard InChI is InChI=1S/C11H9NO2/c1-6-2-3-7-8(13)4-5-9(14)10(7)11(6)12/h2-5H,12H2,1H3. The first-order valence-electron chi connectivity index (χ1n) is 4.27. The van der Waals surface area contributed by atoms with Crippen LogP contribution in [0.3, 0.4) is 0 Å². The molecule has 0 bridgehead atoms. The molecule has 0 amide bonds. The van der Waals surface area contributed by atoms with Gasteiger partial charge in [-0.05, 0) is 30.7 Å². The third-order valence-corrected chi connectivity index (χ3v) is 2.36. The second-order valence-electron chi connectivity index (χ2n) is 3.28. The molecule has 0 atom stereocenters. The molecule has 0 saturated heterocycles. The van der Waals surface area contributed by atoms with Crippen LogP contribution in [0.25, 0.3) is 0 Å². The Kier molecular flexibility index (Phi) is 1.74. The van der Waals surface area contributed by atoms with E-state index in [1.165, 1.54) is 12.2 Å². The molecular weight excluding hydrogens is 178 g/mol. The number of nitrogens with two attached hydrogens (primary N) is 1. The lowest BCUT2D eigenvalue weighted by molar-refractivity contribution is 0.0994. The van der Waals surface area contributed by atoms with E-state index in [0.29, 0.717) is 16.8 Å². The maximum atomic E-state index is 11.5. The van der Waals surface area contributed by atoms with E-state index >= 15 is 0 Å². The van der Waals surface area contributed by atoms with Gasteiger partial charge in [0.05, 0.1) is 5.56 Å². The number of rotatable bonds is 0. The maximum absolute atomic E-state index is 11.5. The minimum atomic E-state index is -0.194. The zero-order valence-corrected chi connectivity index (χ0v) is 7.70. The molecule has 1 aromatic rings. The number of hydrogen-bond donors (Lipinski definition) is 1. The SMILES string of the molecule is Cc1ccc2c(c1N)C(=O)C=CC2=O. The summed E-state index contributed by atoms with van der Waals surface area (Å²) in [5, 5.41) is 0. The molecule has 0 aliphatic heterocycles. The first-order chi connectivity index (χ1) is 6.61. The number of ketones is 2. The third kappa shape index (κ3) is 1.06. The average molecular weight is 187 g/mol. The van der Waals surface area contributed by atoms with Crippen molar-refractivity contribution in [3.8, 4) is 0 Å². The summed E-state index contributed by atoms with van der Waals surface area (Å²) >= 11 is 0. The van der Waals surface area contributed by atoms with Gasteiger partial charge in [-0.1, -0.05) is 6.07 Å². The van der Waals surface area contributed by atoms with Crippen LogP contribution in [0, 0.1) is 6.92 Å². The van der Waals surface area contributed by atoms with Crippen LogP contribution in [0.15, 0.2) is 24.3 Å². The molecular formula is C11H9NO2. The van der Waals surface area contributed by atoms with Gasteiger partial charge in [0.15, 0.2) is 11.6 Å². The highest BCUT2D eigenvalue weighted by molar-refractivity contribution is 6.24. The Balaban J connectivity index is 2.79. The van der Waals surface area contributed by atoms with Crippen LogP contribution >= 0.6 is 0 Å². The number of hydrogen-bond acceptors (Lipinski definition) is 3. The van der Waals surface area contributed by atoms with Crippen molar-refractivity contribution in [2.75, 3.05) is 5.73 Å². The lowest BCUT2D eigenvalue weighted by Crippen LogP contribution is -2.14. The molecule has 0 fully saturated rings.